The number of benzene rings is 1. The highest BCUT2D eigenvalue weighted by molar-refractivity contribution is 7.89. The summed E-state index contributed by atoms with van der Waals surface area (Å²) < 4.78 is 36.7. The van der Waals surface area contributed by atoms with Crippen LogP contribution in [0, 0.1) is 0 Å². The molecule has 2 N–H and O–H groups in total. The smallest absolute Gasteiger partial charge is 0.243 e. The van der Waals surface area contributed by atoms with Crippen molar-refractivity contribution < 1.29 is 17.9 Å². The van der Waals surface area contributed by atoms with E-state index >= 15 is 0 Å². The summed E-state index contributed by atoms with van der Waals surface area (Å²) in [6.07, 6.45) is 0. The lowest BCUT2D eigenvalue weighted by molar-refractivity contribution is 0.0730. The quantitative estimate of drug-likeness (QED) is 0.807. The third-order valence-corrected chi connectivity index (χ3v) is 5.16. The van der Waals surface area contributed by atoms with Gasteiger partial charge < -0.3 is 15.2 Å². The van der Waals surface area contributed by atoms with Crippen LogP contribution in [0.25, 0.3) is 0 Å². The van der Waals surface area contributed by atoms with Crippen molar-refractivity contribution in [1.82, 2.24) is 4.31 Å². The zero-order chi connectivity index (χ0) is 14.8. The van der Waals surface area contributed by atoms with Gasteiger partial charge in [-0.25, -0.2) is 8.42 Å². The van der Waals surface area contributed by atoms with Crippen molar-refractivity contribution in [2.45, 2.75) is 4.90 Å². The predicted molar refractivity (Wildman–Crippen MR) is 78.5 cm³/mol. The molecule has 0 aromatic heterocycles. The fraction of sp³-hybridized carbons (Fsp3) is 0.417. The maximum Gasteiger partial charge on any atom is 0.243 e. The predicted octanol–water partition coefficient (Wildman–Crippen LogP) is 0.350. The van der Waals surface area contributed by atoms with Crippen LogP contribution in [0.5, 0.6) is 5.75 Å². The lowest BCUT2D eigenvalue weighted by Gasteiger charge is -2.26. The fourth-order valence-electron chi connectivity index (χ4n) is 1.98. The molecule has 1 aliphatic rings. The standard InChI is InChI=1S/C12H16N2O4S2/c1-17-11-3-2-9(8-10(11)12(13)19)20(15,16)14-4-6-18-7-5-14/h2-3,8H,4-7H2,1H3,(H2,13,19). The van der Waals surface area contributed by atoms with Crippen molar-refractivity contribution in [1.29, 1.82) is 0 Å². The SMILES string of the molecule is COc1ccc(S(=O)(=O)N2CCOCC2)cc1C(N)=S. The molecule has 0 atom stereocenters. The molecule has 1 aromatic carbocycles. The van der Waals surface area contributed by atoms with E-state index in [4.69, 9.17) is 27.4 Å². The van der Waals surface area contributed by atoms with Crippen LogP contribution in [0.15, 0.2) is 23.1 Å². The Balaban J connectivity index is 2.41. The number of sulfonamides is 1. The van der Waals surface area contributed by atoms with Crippen molar-refractivity contribution in [3.05, 3.63) is 23.8 Å². The molecule has 8 heteroatoms. The summed E-state index contributed by atoms with van der Waals surface area (Å²) in [5.74, 6) is 0.457. The Kier molecular flexibility index (Phi) is 4.59. The van der Waals surface area contributed by atoms with E-state index in [0.29, 0.717) is 37.6 Å². The van der Waals surface area contributed by atoms with Gasteiger partial charge in [-0.05, 0) is 18.2 Å². The molecule has 0 bridgehead atoms. The van der Waals surface area contributed by atoms with E-state index in [0.717, 1.165) is 0 Å². The van der Waals surface area contributed by atoms with E-state index in [1.54, 1.807) is 6.07 Å². The second-order valence-corrected chi connectivity index (χ2v) is 6.62. The van der Waals surface area contributed by atoms with Crippen LogP contribution in [-0.2, 0) is 14.8 Å². The molecule has 20 heavy (non-hydrogen) atoms. The first-order chi connectivity index (χ1) is 9.46. The average Bonchev–Trinajstić information content (AvgIpc) is 2.47. The lowest BCUT2D eigenvalue weighted by Crippen LogP contribution is -2.40. The van der Waals surface area contributed by atoms with Gasteiger partial charge in [0.25, 0.3) is 0 Å². The molecule has 1 aliphatic heterocycles. The van der Waals surface area contributed by atoms with Crippen molar-refractivity contribution in [3.8, 4) is 5.75 Å². The van der Waals surface area contributed by atoms with Crippen LogP contribution in [0.3, 0.4) is 0 Å². The third kappa shape index (κ3) is 2.93. The summed E-state index contributed by atoms with van der Waals surface area (Å²) in [4.78, 5) is 0.254. The number of morpholine rings is 1. The minimum Gasteiger partial charge on any atom is -0.496 e. The molecule has 0 amide bonds. The molecule has 1 fully saturated rings. The van der Waals surface area contributed by atoms with Gasteiger partial charge in [0.1, 0.15) is 10.7 Å². The monoisotopic (exact) mass is 316 g/mol. The Bertz CT molecular complexity index is 610. The maximum absolute atomic E-state index is 12.5. The summed E-state index contributed by atoms with van der Waals surface area (Å²) in [6, 6.07) is 4.50. The van der Waals surface area contributed by atoms with E-state index in [9.17, 15) is 8.42 Å². The normalized spacial score (nSPS) is 16.9. The molecule has 1 aromatic rings. The lowest BCUT2D eigenvalue weighted by atomic mass is 10.2. The molecular weight excluding hydrogens is 300 g/mol. The number of ether oxygens (including phenoxy) is 2. The van der Waals surface area contributed by atoms with Gasteiger partial charge in [0.2, 0.25) is 10.0 Å². The Morgan fingerprint density at radius 3 is 2.60 bits per heavy atom. The first-order valence-corrected chi connectivity index (χ1v) is 7.87. The van der Waals surface area contributed by atoms with Crippen molar-refractivity contribution in [2.24, 2.45) is 5.73 Å². The Morgan fingerprint density at radius 2 is 2.05 bits per heavy atom. The number of hydrogen-bond donors (Lipinski definition) is 1. The van der Waals surface area contributed by atoms with Crippen LogP contribution in [0.4, 0.5) is 0 Å². The molecule has 1 heterocycles. The van der Waals surface area contributed by atoms with Gasteiger partial charge in [-0.3, -0.25) is 0 Å². The van der Waals surface area contributed by atoms with Gasteiger partial charge in [0.15, 0.2) is 0 Å². The Hall–Kier alpha value is -1.22. The van der Waals surface area contributed by atoms with Gasteiger partial charge in [-0.15, -0.1) is 0 Å². The van der Waals surface area contributed by atoms with Gasteiger partial charge >= 0.3 is 0 Å². The van der Waals surface area contributed by atoms with Crippen LogP contribution in [0.1, 0.15) is 5.56 Å². The van der Waals surface area contributed by atoms with E-state index in [1.807, 2.05) is 0 Å². The van der Waals surface area contributed by atoms with Gasteiger partial charge in [-0.2, -0.15) is 4.31 Å². The number of thiocarbonyl (C=S) groups is 1. The molecule has 0 radical (unpaired) electrons. The summed E-state index contributed by atoms with van der Waals surface area (Å²) in [5.41, 5.74) is 6.02. The third-order valence-electron chi connectivity index (χ3n) is 3.04. The average molecular weight is 316 g/mol. The highest BCUT2D eigenvalue weighted by Crippen LogP contribution is 2.24. The van der Waals surface area contributed by atoms with E-state index < -0.39 is 10.0 Å². The summed E-state index contributed by atoms with van der Waals surface area (Å²) in [7, 11) is -2.08. The Morgan fingerprint density at radius 1 is 1.40 bits per heavy atom. The van der Waals surface area contributed by atoms with Gasteiger partial charge in [-0.1, -0.05) is 12.2 Å². The number of hydrogen-bond acceptors (Lipinski definition) is 5. The number of nitrogens with zero attached hydrogens (tertiary/aromatic N) is 1. The van der Waals surface area contributed by atoms with Crippen LogP contribution >= 0.6 is 12.2 Å². The minimum atomic E-state index is -3.56. The van der Waals surface area contributed by atoms with E-state index in [-0.39, 0.29) is 9.88 Å². The molecule has 1 saturated heterocycles. The second kappa shape index (κ2) is 6.04. The Labute approximate surface area is 123 Å². The first-order valence-electron chi connectivity index (χ1n) is 6.02. The molecule has 0 spiro atoms. The van der Waals surface area contributed by atoms with Crippen molar-refractivity contribution >= 4 is 27.2 Å². The highest BCUT2D eigenvalue weighted by atomic mass is 32.2. The van der Waals surface area contributed by atoms with Gasteiger partial charge in [0.05, 0.1) is 30.8 Å². The summed E-state index contributed by atoms with van der Waals surface area (Å²) in [5, 5.41) is 0. The fourth-order valence-corrected chi connectivity index (χ4v) is 3.57. The largest absolute Gasteiger partial charge is 0.496 e. The zero-order valence-electron chi connectivity index (χ0n) is 11.0. The molecular formula is C12H16N2O4S2. The zero-order valence-corrected chi connectivity index (χ0v) is 12.7. The maximum atomic E-state index is 12.5. The van der Waals surface area contributed by atoms with Crippen molar-refractivity contribution in [2.75, 3.05) is 33.4 Å². The molecule has 110 valence electrons. The van der Waals surface area contributed by atoms with E-state index in [1.165, 1.54) is 23.5 Å². The summed E-state index contributed by atoms with van der Waals surface area (Å²) >= 11 is 4.92. The molecule has 0 unspecified atom stereocenters. The summed E-state index contributed by atoms with van der Waals surface area (Å²) in [6.45, 7) is 1.49. The van der Waals surface area contributed by atoms with Gasteiger partial charge in [0, 0.05) is 13.1 Å². The van der Waals surface area contributed by atoms with E-state index in [2.05, 4.69) is 0 Å². The highest BCUT2D eigenvalue weighted by Gasteiger charge is 2.27. The number of methoxy groups -OCH3 is 1. The van der Waals surface area contributed by atoms with Crippen molar-refractivity contribution in [3.63, 3.8) is 0 Å². The first kappa shape index (κ1) is 15.2. The van der Waals surface area contributed by atoms with Crippen LogP contribution in [-0.4, -0.2) is 51.1 Å². The molecule has 2 rings (SSSR count). The number of rotatable bonds is 4. The molecule has 0 saturated carbocycles. The molecule has 6 nitrogen and oxygen atoms in total. The minimum absolute atomic E-state index is 0.0980. The molecule has 0 aliphatic carbocycles. The number of nitrogens with two attached hydrogens (primary N) is 1. The topological polar surface area (TPSA) is 81.9 Å². The van der Waals surface area contributed by atoms with Crippen LogP contribution < -0.4 is 10.5 Å². The van der Waals surface area contributed by atoms with Crippen LogP contribution in [0.2, 0.25) is 0 Å². The second-order valence-electron chi connectivity index (χ2n) is 4.24.